The van der Waals surface area contributed by atoms with E-state index in [2.05, 4.69) is 0 Å². The van der Waals surface area contributed by atoms with E-state index in [0.717, 1.165) is 11.3 Å². The molecule has 1 aromatic heterocycles. The van der Waals surface area contributed by atoms with Gasteiger partial charge in [0.25, 0.3) is 0 Å². The summed E-state index contributed by atoms with van der Waals surface area (Å²) in [6.07, 6.45) is 0. The van der Waals surface area contributed by atoms with Crippen molar-refractivity contribution in [2.24, 2.45) is 0 Å². The highest BCUT2D eigenvalue weighted by molar-refractivity contribution is 7.07. The van der Waals surface area contributed by atoms with Crippen molar-refractivity contribution in [3.63, 3.8) is 0 Å². The highest BCUT2D eigenvalue weighted by Crippen LogP contribution is 2.22. The fraction of sp³-hybridized carbons (Fsp3) is 0.250. The number of thiazole rings is 1. The minimum Gasteiger partial charge on any atom is -0.496 e. The lowest BCUT2D eigenvalue weighted by Crippen LogP contribution is -2.15. The number of nitrogens with zero attached hydrogens (tertiary/aromatic N) is 1. The summed E-state index contributed by atoms with van der Waals surface area (Å²) in [6.45, 7) is 2.43. The van der Waals surface area contributed by atoms with Gasteiger partial charge in [-0.3, -0.25) is 9.36 Å². The largest absolute Gasteiger partial charge is 0.496 e. The molecule has 0 spiro atoms. The molecule has 5 heteroatoms. The average molecular weight is 250 g/mol. The third-order valence-electron chi connectivity index (χ3n) is 2.62. The number of hydrogen-bond acceptors (Lipinski definition) is 4. The molecule has 0 radical (unpaired) electrons. The second-order valence-corrected chi connectivity index (χ2v) is 4.62. The molecule has 0 saturated carbocycles. The number of benzene rings is 1. The van der Waals surface area contributed by atoms with Gasteiger partial charge in [-0.25, -0.2) is 0 Å². The molecule has 0 atom stereocenters. The molecule has 0 unspecified atom stereocenters. The fourth-order valence-corrected chi connectivity index (χ4v) is 2.39. The predicted octanol–water partition coefficient (Wildman–Crippen LogP) is 1.86. The molecular weight excluding hydrogens is 236 g/mol. The van der Waals surface area contributed by atoms with Crippen molar-refractivity contribution in [3.8, 4) is 5.75 Å². The summed E-state index contributed by atoms with van der Waals surface area (Å²) in [4.78, 5) is 11.7. The number of aromatic nitrogens is 1. The van der Waals surface area contributed by atoms with Crippen LogP contribution >= 0.6 is 11.3 Å². The normalized spacial score (nSPS) is 10.5. The SMILES string of the molecule is COc1cc(N)ccc1Cn1c(C)csc1=O. The van der Waals surface area contributed by atoms with E-state index in [1.165, 1.54) is 11.3 Å². The van der Waals surface area contributed by atoms with Crippen molar-refractivity contribution >= 4 is 17.0 Å². The van der Waals surface area contributed by atoms with Crippen LogP contribution in [0.3, 0.4) is 0 Å². The Bertz CT molecular complexity index is 586. The maximum Gasteiger partial charge on any atom is 0.307 e. The van der Waals surface area contributed by atoms with E-state index in [1.54, 1.807) is 17.7 Å². The minimum atomic E-state index is 0.0429. The third kappa shape index (κ3) is 2.34. The monoisotopic (exact) mass is 250 g/mol. The molecule has 2 aromatic rings. The van der Waals surface area contributed by atoms with Gasteiger partial charge in [-0.2, -0.15) is 0 Å². The number of anilines is 1. The van der Waals surface area contributed by atoms with Crippen LogP contribution in [-0.2, 0) is 6.54 Å². The van der Waals surface area contributed by atoms with E-state index < -0.39 is 0 Å². The quantitative estimate of drug-likeness (QED) is 0.846. The lowest BCUT2D eigenvalue weighted by Gasteiger charge is -2.10. The molecule has 2 N–H and O–H groups in total. The fourth-order valence-electron chi connectivity index (χ4n) is 1.66. The summed E-state index contributed by atoms with van der Waals surface area (Å²) in [5.74, 6) is 0.711. The molecular formula is C12H14N2O2S. The molecule has 17 heavy (non-hydrogen) atoms. The molecule has 90 valence electrons. The zero-order valence-electron chi connectivity index (χ0n) is 9.77. The van der Waals surface area contributed by atoms with Gasteiger partial charge in [0.05, 0.1) is 13.7 Å². The summed E-state index contributed by atoms with van der Waals surface area (Å²) in [6, 6.07) is 5.46. The Balaban J connectivity index is 2.39. The Labute approximate surface area is 103 Å². The first-order chi connectivity index (χ1) is 8.11. The zero-order chi connectivity index (χ0) is 12.4. The van der Waals surface area contributed by atoms with Crippen LogP contribution in [0.15, 0.2) is 28.4 Å². The Morgan fingerprint density at radius 2 is 2.24 bits per heavy atom. The topological polar surface area (TPSA) is 57.2 Å². The highest BCUT2D eigenvalue weighted by atomic mass is 32.1. The molecule has 0 saturated heterocycles. The van der Waals surface area contributed by atoms with E-state index in [-0.39, 0.29) is 4.87 Å². The number of rotatable bonds is 3. The average Bonchev–Trinajstić information content (AvgIpc) is 2.62. The molecule has 0 aliphatic rings. The molecule has 0 bridgehead atoms. The van der Waals surface area contributed by atoms with Gasteiger partial charge in [0, 0.05) is 28.4 Å². The van der Waals surface area contributed by atoms with E-state index in [1.807, 2.05) is 24.4 Å². The highest BCUT2D eigenvalue weighted by Gasteiger charge is 2.08. The lowest BCUT2D eigenvalue weighted by molar-refractivity contribution is 0.408. The molecule has 2 rings (SSSR count). The Morgan fingerprint density at radius 1 is 1.47 bits per heavy atom. The van der Waals surface area contributed by atoms with Crippen molar-refractivity contribution in [2.75, 3.05) is 12.8 Å². The van der Waals surface area contributed by atoms with Gasteiger partial charge in [-0.1, -0.05) is 17.4 Å². The van der Waals surface area contributed by atoms with Crippen LogP contribution in [0.2, 0.25) is 0 Å². The van der Waals surface area contributed by atoms with Crippen LogP contribution in [-0.4, -0.2) is 11.7 Å². The summed E-state index contributed by atoms with van der Waals surface area (Å²) in [5.41, 5.74) is 8.25. The minimum absolute atomic E-state index is 0.0429. The zero-order valence-corrected chi connectivity index (χ0v) is 10.6. The molecule has 1 heterocycles. The van der Waals surface area contributed by atoms with Crippen molar-refractivity contribution < 1.29 is 4.74 Å². The summed E-state index contributed by atoms with van der Waals surface area (Å²) in [5, 5.41) is 1.85. The summed E-state index contributed by atoms with van der Waals surface area (Å²) >= 11 is 1.21. The van der Waals surface area contributed by atoms with Crippen LogP contribution in [0.25, 0.3) is 0 Å². The summed E-state index contributed by atoms with van der Waals surface area (Å²) < 4.78 is 6.98. The number of hydrogen-bond donors (Lipinski definition) is 1. The molecule has 0 aliphatic carbocycles. The number of ether oxygens (including phenoxy) is 1. The van der Waals surface area contributed by atoms with Gasteiger partial charge >= 0.3 is 4.87 Å². The van der Waals surface area contributed by atoms with Gasteiger partial charge in [0.2, 0.25) is 0 Å². The van der Waals surface area contributed by atoms with Gasteiger partial charge in [0.1, 0.15) is 5.75 Å². The number of methoxy groups -OCH3 is 1. The second-order valence-electron chi connectivity index (χ2n) is 3.80. The standard InChI is InChI=1S/C12H14N2O2S/c1-8-7-17-12(15)14(8)6-9-3-4-10(13)5-11(9)16-2/h3-5,7H,6,13H2,1-2H3. The van der Waals surface area contributed by atoms with Gasteiger partial charge in [-0.15, -0.1) is 0 Å². The predicted molar refractivity (Wildman–Crippen MR) is 69.8 cm³/mol. The molecule has 0 aliphatic heterocycles. The van der Waals surface area contributed by atoms with E-state index in [9.17, 15) is 4.79 Å². The van der Waals surface area contributed by atoms with E-state index in [0.29, 0.717) is 18.0 Å². The van der Waals surface area contributed by atoms with E-state index in [4.69, 9.17) is 10.5 Å². The lowest BCUT2D eigenvalue weighted by atomic mass is 10.2. The van der Waals surface area contributed by atoms with Gasteiger partial charge in [-0.05, 0) is 13.0 Å². The van der Waals surface area contributed by atoms with Crippen molar-refractivity contribution in [3.05, 3.63) is 44.5 Å². The third-order valence-corrected chi connectivity index (χ3v) is 3.50. The first-order valence-electron chi connectivity index (χ1n) is 5.19. The first-order valence-corrected chi connectivity index (χ1v) is 6.07. The van der Waals surface area contributed by atoms with Gasteiger partial charge < -0.3 is 10.5 Å². The van der Waals surface area contributed by atoms with Crippen LogP contribution < -0.4 is 15.3 Å². The van der Waals surface area contributed by atoms with Crippen molar-refractivity contribution in [2.45, 2.75) is 13.5 Å². The van der Waals surface area contributed by atoms with Crippen LogP contribution in [0.4, 0.5) is 5.69 Å². The molecule has 4 nitrogen and oxygen atoms in total. The Morgan fingerprint density at radius 3 is 2.82 bits per heavy atom. The molecule has 0 fully saturated rings. The summed E-state index contributed by atoms with van der Waals surface area (Å²) in [7, 11) is 1.60. The van der Waals surface area contributed by atoms with Crippen LogP contribution in [0.5, 0.6) is 5.75 Å². The molecule has 1 aromatic carbocycles. The number of nitrogens with two attached hydrogens (primary N) is 1. The van der Waals surface area contributed by atoms with E-state index >= 15 is 0 Å². The maximum atomic E-state index is 11.6. The number of aryl methyl sites for hydroxylation is 1. The van der Waals surface area contributed by atoms with Gasteiger partial charge in [0.15, 0.2) is 0 Å². The number of nitrogen functional groups attached to an aromatic ring is 1. The van der Waals surface area contributed by atoms with Crippen LogP contribution in [0.1, 0.15) is 11.3 Å². The molecule has 0 amide bonds. The Hall–Kier alpha value is -1.75. The first kappa shape index (κ1) is 11.7. The van der Waals surface area contributed by atoms with Crippen molar-refractivity contribution in [1.82, 2.24) is 4.57 Å². The smallest absolute Gasteiger partial charge is 0.307 e. The second kappa shape index (κ2) is 4.63. The maximum absolute atomic E-state index is 11.6. The van der Waals surface area contributed by atoms with Crippen molar-refractivity contribution in [1.29, 1.82) is 0 Å². The Kier molecular flexibility index (Phi) is 3.19. The van der Waals surface area contributed by atoms with Crippen LogP contribution in [0, 0.1) is 6.92 Å².